The van der Waals surface area contributed by atoms with Crippen molar-refractivity contribution in [3.8, 4) is 0 Å². The summed E-state index contributed by atoms with van der Waals surface area (Å²) < 4.78 is 5.14. The SMILES string of the molecule is COC(=O)c1ccc(/C=C2\SC(=S)N(CCCC(=O)Nc3cccnc3)C2=O)cc1. The average Bonchev–Trinajstić information content (AvgIpc) is 3.01. The number of nitrogens with zero attached hydrogens (tertiary/aromatic N) is 2. The van der Waals surface area contributed by atoms with Crippen molar-refractivity contribution >= 4 is 57.8 Å². The average molecular weight is 442 g/mol. The van der Waals surface area contributed by atoms with Gasteiger partial charge >= 0.3 is 5.97 Å². The highest BCUT2D eigenvalue weighted by Gasteiger charge is 2.31. The maximum absolute atomic E-state index is 12.7. The summed E-state index contributed by atoms with van der Waals surface area (Å²) in [7, 11) is 1.32. The Balaban J connectivity index is 1.54. The minimum Gasteiger partial charge on any atom is -0.465 e. The van der Waals surface area contributed by atoms with E-state index in [1.807, 2.05) is 0 Å². The fourth-order valence-electron chi connectivity index (χ4n) is 2.74. The number of anilines is 1. The quantitative estimate of drug-likeness (QED) is 0.400. The molecule has 0 spiro atoms. The molecule has 0 atom stereocenters. The maximum atomic E-state index is 12.7. The Morgan fingerprint density at radius 1 is 1.27 bits per heavy atom. The van der Waals surface area contributed by atoms with Gasteiger partial charge in [-0.25, -0.2) is 4.79 Å². The van der Waals surface area contributed by atoms with Crippen LogP contribution in [0.15, 0.2) is 53.7 Å². The number of thioether (sulfide) groups is 1. The Hall–Kier alpha value is -3.04. The van der Waals surface area contributed by atoms with Crippen LogP contribution in [0.5, 0.6) is 0 Å². The van der Waals surface area contributed by atoms with Gasteiger partial charge in [-0.2, -0.15) is 0 Å². The maximum Gasteiger partial charge on any atom is 0.337 e. The number of benzene rings is 1. The molecule has 7 nitrogen and oxygen atoms in total. The van der Waals surface area contributed by atoms with Gasteiger partial charge in [0.2, 0.25) is 5.91 Å². The number of carbonyl (C=O) groups is 3. The normalized spacial score (nSPS) is 14.8. The third-order valence-electron chi connectivity index (χ3n) is 4.23. The molecule has 1 aliphatic heterocycles. The first-order chi connectivity index (χ1) is 14.5. The van der Waals surface area contributed by atoms with Crippen molar-refractivity contribution in [3.63, 3.8) is 0 Å². The Kier molecular flexibility index (Phi) is 7.31. The summed E-state index contributed by atoms with van der Waals surface area (Å²) in [5, 5.41) is 2.76. The molecule has 1 aromatic heterocycles. The van der Waals surface area contributed by atoms with E-state index in [0.29, 0.717) is 33.4 Å². The summed E-state index contributed by atoms with van der Waals surface area (Å²) in [6, 6.07) is 10.3. The summed E-state index contributed by atoms with van der Waals surface area (Å²) in [6.07, 6.45) is 5.68. The molecule has 9 heteroatoms. The number of ether oxygens (including phenoxy) is 1. The molecule has 1 N–H and O–H groups in total. The topological polar surface area (TPSA) is 88.6 Å². The first-order valence-electron chi connectivity index (χ1n) is 9.11. The number of rotatable bonds is 7. The lowest BCUT2D eigenvalue weighted by molar-refractivity contribution is -0.122. The zero-order chi connectivity index (χ0) is 21.5. The van der Waals surface area contributed by atoms with Crippen LogP contribution in [0.4, 0.5) is 5.69 Å². The van der Waals surface area contributed by atoms with Crippen LogP contribution >= 0.6 is 24.0 Å². The Morgan fingerprint density at radius 2 is 2.03 bits per heavy atom. The number of nitrogens with one attached hydrogen (secondary N) is 1. The van der Waals surface area contributed by atoms with Crippen LogP contribution in [-0.2, 0) is 14.3 Å². The molecule has 2 heterocycles. The second-order valence-corrected chi connectivity index (χ2v) is 8.02. The zero-order valence-corrected chi connectivity index (χ0v) is 17.8. The van der Waals surface area contributed by atoms with Crippen LogP contribution in [0, 0.1) is 0 Å². The van der Waals surface area contributed by atoms with Crippen molar-refractivity contribution in [3.05, 3.63) is 64.8 Å². The van der Waals surface area contributed by atoms with Crippen LogP contribution < -0.4 is 5.32 Å². The molecular formula is C21H19N3O4S2. The molecule has 3 rings (SSSR count). The van der Waals surface area contributed by atoms with E-state index in [0.717, 1.165) is 5.56 Å². The molecule has 2 amide bonds. The summed E-state index contributed by atoms with van der Waals surface area (Å²) in [5.74, 6) is -0.746. The predicted molar refractivity (Wildman–Crippen MR) is 120 cm³/mol. The fraction of sp³-hybridized carbons (Fsp3) is 0.190. The van der Waals surface area contributed by atoms with Gasteiger partial charge in [0, 0.05) is 19.2 Å². The van der Waals surface area contributed by atoms with Gasteiger partial charge in [-0.15, -0.1) is 0 Å². The van der Waals surface area contributed by atoms with Gasteiger partial charge in [0.25, 0.3) is 5.91 Å². The predicted octanol–water partition coefficient (Wildman–Crippen LogP) is 3.49. The first-order valence-corrected chi connectivity index (χ1v) is 10.3. The lowest BCUT2D eigenvalue weighted by Gasteiger charge is -2.14. The van der Waals surface area contributed by atoms with Crippen molar-refractivity contribution < 1.29 is 19.1 Å². The molecule has 1 saturated heterocycles. The van der Waals surface area contributed by atoms with Gasteiger partial charge in [0.05, 0.1) is 29.5 Å². The largest absolute Gasteiger partial charge is 0.465 e. The summed E-state index contributed by atoms with van der Waals surface area (Å²) >= 11 is 6.54. The molecule has 30 heavy (non-hydrogen) atoms. The summed E-state index contributed by atoms with van der Waals surface area (Å²) in [5.41, 5.74) is 1.85. The summed E-state index contributed by atoms with van der Waals surface area (Å²) in [6.45, 7) is 0.365. The van der Waals surface area contributed by atoms with Crippen LogP contribution in [0.1, 0.15) is 28.8 Å². The van der Waals surface area contributed by atoms with Gasteiger partial charge in [-0.1, -0.05) is 36.1 Å². The number of hydrogen-bond acceptors (Lipinski definition) is 7. The van der Waals surface area contributed by atoms with Crippen molar-refractivity contribution in [1.82, 2.24) is 9.88 Å². The van der Waals surface area contributed by atoms with Crippen molar-refractivity contribution in [1.29, 1.82) is 0 Å². The fourth-order valence-corrected chi connectivity index (χ4v) is 4.04. The van der Waals surface area contributed by atoms with Gasteiger partial charge in [0.15, 0.2) is 0 Å². The molecule has 0 saturated carbocycles. The van der Waals surface area contributed by atoms with Gasteiger partial charge in [0.1, 0.15) is 4.32 Å². The highest BCUT2D eigenvalue weighted by atomic mass is 32.2. The smallest absolute Gasteiger partial charge is 0.337 e. The van der Waals surface area contributed by atoms with Crippen molar-refractivity contribution in [2.45, 2.75) is 12.8 Å². The van der Waals surface area contributed by atoms with E-state index in [1.165, 1.54) is 23.8 Å². The third kappa shape index (κ3) is 5.52. The molecular weight excluding hydrogens is 422 g/mol. The number of amides is 2. The molecule has 2 aromatic rings. The minimum absolute atomic E-state index is 0.144. The summed E-state index contributed by atoms with van der Waals surface area (Å²) in [4.78, 5) is 42.2. The number of pyridine rings is 1. The molecule has 154 valence electrons. The van der Waals surface area contributed by atoms with Crippen LogP contribution in [0.2, 0.25) is 0 Å². The molecule has 1 fully saturated rings. The minimum atomic E-state index is -0.416. The first kappa shape index (κ1) is 21.7. The van der Waals surface area contributed by atoms with Crippen molar-refractivity contribution in [2.24, 2.45) is 0 Å². The number of thiocarbonyl (C=S) groups is 1. The number of methoxy groups -OCH3 is 1. The van der Waals surface area contributed by atoms with E-state index >= 15 is 0 Å². The standard InChI is InChI=1S/C21H19N3O4S2/c1-28-20(27)15-8-6-14(7-9-15)12-17-19(26)24(21(29)30-17)11-3-5-18(25)23-16-4-2-10-22-13-16/h2,4,6-10,12-13H,3,5,11H2,1H3,(H,23,25)/b17-12-. The van der Waals surface area contributed by atoms with Crippen molar-refractivity contribution in [2.75, 3.05) is 19.0 Å². The van der Waals surface area contributed by atoms with E-state index in [9.17, 15) is 14.4 Å². The lowest BCUT2D eigenvalue weighted by Crippen LogP contribution is -2.29. The molecule has 1 aliphatic rings. The molecule has 0 unspecified atom stereocenters. The van der Waals surface area contributed by atoms with E-state index in [4.69, 9.17) is 12.2 Å². The molecule has 0 bridgehead atoms. The number of esters is 1. The van der Waals surface area contributed by atoms with E-state index in [-0.39, 0.29) is 18.2 Å². The monoisotopic (exact) mass is 441 g/mol. The van der Waals surface area contributed by atoms with Crippen LogP contribution in [0.25, 0.3) is 6.08 Å². The zero-order valence-electron chi connectivity index (χ0n) is 16.2. The molecule has 0 radical (unpaired) electrons. The van der Waals surface area contributed by atoms with Crippen LogP contribution in [0.3, 0.4) is 0 Å². The van der Waals surface area contributed by atoms with E-state index < -0.39 is 5.97 Å². The Bertz CT molecular complexity index is 991. The Morgan fingerprint density at radius 3 is 2.70 bits per heavy atom. The molecule has 1 aromatic carbocycles. The van der Waals surface area contributed by atoms with E-state index in [1.54, 1.807) is 54.9 Å². The third-order valence-corrected chi connectivity index (χ3v) is 5.61. The number of aromatic nitrogens is 1. The molecule has 0 aliphatic carbocycles. The van der Waals surface area contributed by atoms with Gasteiger partial charge in [-0.05, 0) is 42.3 Å². The lowest BCUT2D eigenvalue weighted by atomic mass is 10.1. The van der Waals surface area contributed by atoms with Crippen LogP contribution in [-0.4, -0.2) is 45.6 Å². The van der Waals surface area contributed by atoms with Gasteiger partial charge in [-0.3, -0.25) is 19.5 Å². The van der Waals surface area contributed by atoms with Gasteiger partial charge < -0.3 is 10.1 Å². The second-order valence-electron chi connectivity index (χ2n) is 6.34. The Labute approximate surface area is 183 Å². The highest BCUT2D eigenvalue weighted by molar-refractivity contribution is 8.26. The van der Waals surface area contributed by atoms with E-state index in [2.05, 4.69) is 15.0 Å². The second kappa shape index (κ2) is 10.1. The highest BCUT2D eigenvalue weighted by Crippen LogP contribution is 2.32. The number of hydrogen-bond donors (Lipinski definition) is 1. The number of carbonyl (C=O) groups excluding carboxylic acids is 3.